The fraction of sp³-hybridized carbons (Fsp3) is 0.640. The van der Waals surface area contributed by atoms with Gasteiger partial charge in [-0.25, -0.2) is 0 Å². The van der Waals surface area contributed by atoms with Crippen molar-refractivity contribution in [1.82, 2.24) is 42.5 Å². The molecule has 0 bridgehead atoms. The van der Waals surface area contributed by atoms with Crippen LogP contribution < -0.4 is 88.4 Å². The number of likely N-dealkylation sites (N-methyl/N-ethyl adjacent to an activating group) is 1. The summed E-state index contributed by atoms with van der Waals surface area (Å²) in [5, 5.41) is 48.6. The minimum absolute atomic E-state index is 0.0146. The van der Waals surface area contributed by atoms with Crippen molar-refractivity contribution in [3.05, 3.63) is 29.8 Å². The Hall–Kier alpha value is -8.02. The van der Waals surface area contributed by atoms with E-state index in [0.29, 0.717) is 12.0 Å². The molecule has 27 N–H and O–H groups in total. The monoisotopic (exact) mass is 1130 g/mol. The minimum Gasteiger partial charge on any atom is -0.508 e. The molecule has 0 radical (unpaired) electrons. The predicted molar refractivity (Wildman–Crippen MR) is 303 cm³/mol. The van der Waals surface area contributed by atoms with E-state index in [4.69, 9.17) is 51.3 Å². The van der Waals surface area contributed by atoms with Gasteiger partial charge in [-0.1, -0.05) is 46.2 Å². The lowest BCUT2D eigenvalue weighted by Crippen LogP contribution is -2.60. The van der Waals surface area contributed by atoms with Crippen LogP contribution in [0.2, 0.25) is 0 Å². The second kappa shape index (κ2) is 37.7. The largest absolute Gasteiger partial charge is 0.508 e. The molecule has 8 amide bonds. The van der Waals surface area contributed by atoms with Crippen molar-refractivity contribution >= 4 is 71.0 Å². The molecule has 0 fully saturated rings. The van der Waals surface area contributed by atoms with Crippen LogP contribution in [0, 0.1) is 17.2 Å². The number of nitrogens with two attached hydrogens (primary N) is 8. The van der Waals surface area contributed by atoms with Crippen LogP contribution in [0.3, 0.4) is 0 Å². The summed E-state index contributed by atoms with van der Waals surface area (Å²) in [7, 11) is 1.56. The molecule has 1 rings (SSSR count). The molecule has 0 aromatic heterocycles. The molecule has 1 aromatic rings. The van der Waals surface area contributed by atoms with E-state index in [9.17, 15) is 48.6 Å². The summed E-state index contributed by atoms with van der Waals surface area (Å²) in [6.45, 7) is 6.51. The van der Waals surface area contributed by atoms with E-state index in [-0.39, 0.29) is 138 Å². The van der Waals surface area contributed by atoms with Crippen LogP contribution in [-0.2, 0) is 44.8 Å². The van der Waals surface area contributed by atoms with E-state index in [1.165, 1.54) is 12.1 Å². The van der Waals surface area contributed by atoms with Gasteiger partial charge in [0.2, 0.25) is 47.3 Å². The van der Waals surface area contributed by atoms with Crippen LogP contribution in [-0.4, -0.2) is 163 Å². The van der Waals surface area contributed by atoms with Gasteiger partial charge in [-0.3, -0.25) is 58.7 Å². The molecule has 0 heterocycles. The number of phenols is 1. The molecule has 0 saturated carbocycles. The lowest BCUT2D eigenvalue weighted by molar-refractivity contribution is -0.136. The standard InChI is InChI=1S/C50H90N20O10/c1-27(2)23-36(46(79)69-37(24-28(3)4)47(80)70-38(26-71)40(53)73)68-44(77)34(14-10-22-63-50(58)59)66-42(75)32(12-8-20-61-48(54)55)65-41(74)31(11-6-7-15-39(51)52)64-43(76)33(13-9-21-62-49(56)57)67-45(78)35(60-5)25-29-16-18-30(72)19-17-29/h16-19,27-28,31-38,60,71-72H,6-15,20-26H2,1-5H3,(H3,51,52)(H2,53,73)(H,64,76)(H,65,74)(H,66,75)(H,67,78)(H,68,77)(H,69,79)(H,70,80)(H4,54,55,61)(H4,56,57,62)(H4,58,59,63)/t31-,32-,33-,34-,35-,36-,37-,38-/m0/s1. The number of phenolic OH excluding ortho intramolecular Hbond substituents is 1. The van der Waals surface area contributed by atoms with Gasteiger partial charge in [0, 0.05) is 26.1 Å². The lowest BCUT2D eigenvalue weighted by Gasteiger charge is -2.29. The Bertz CT molecular complexity index is 2250. The van der Waals surface area contributed by atoms with E-state index in [2.05, 4.69) is 57.5 Å². The maximum atomic E-state index is 14.5. The first-order chi connectivity index (χ1) is 37.7. The van der Waals surface area contributed by atoms with Crippen LogP contribution >= 0.6 is 0 Å². The van der Waals surface area contributed by atoms with E-state index in [1.54, 1.807) is 46.9 Å². The van der Waals surface area contributed by atoms with Crippen molar-refractivity contribution in [2.75, 3.05) is 33.3 Å². The van der Waals surface area contributed by atoms with Gasteiger partial charge in [0.1, 0.15) is 48.0 Å². The summed E-state index contributed by atoms with van der Waals surface area (Å²) in [5.74, 6) is -7.53. The van der Waals surface area contributed by atoms with Crippen LogP contribution in [0.15, 0.2) is 39.2 Å². The normalized spacial score (nSPS) is 14.0. The van der Waals surface area contributed by atoms with Crippen molar-refractivity contribution in [1.29, 1.82) is 5.41 Å². The molecule has 0 aliphatic rings. The van der Waals surface area contributed by atoms with Crippen molar-refractivity contribution in [3.63, 3.8) is 0 Å². The Morgan fingerprint density at radius 2 is 0.787 bits per heavy atom. The topological polar surface area (TPSA) is 542 Å². The Labute approximate surface area is 467 Å². The second-order valence-corrected chi connectivity index (χ2v) is 20.1. The van der Waals surface area contributed by atoms with Crippen LogP contribution in [0.4, 0.5) is 0 Å². The van der Waals surface area contributed by atoms with Gasteiger partial charge in [0.25, 0.3) is 0 Å². The van der Waals surface area contributed by atoms with Crippen molar-refractivity contribution < 1.29 is 48.6 Å². The summed E-state index contributed by atoms with van der Waals surface area (Å²) in [6, 6.07) is -3.94. The molecular formula is C50H90N20O10. The number of amides is 8. The van der Waals surface area contributed by atoms with Gasteiger partial charge in [-0.15, -0.1) is 0 Å². The van der Waals surface area contributed by atoms with E-state index < -0.39 is 102 Å². The summed E-state index contributed by atoms with van der Waals surface area (Å²) >= 11 is 0. The molecular weight excluding hydrogens is 1040 g/mol. The van der Waals surface area contributed by atoms with Crippen molar-refractivity contribution in [3.8, 4) is 5.75 Å². The first-order valence-corrected chi connectivity index (χ1v) is 26.6. The number of primary amides is 1. The average molecular weight is 1130 g/mol. The number of aliphatic imine (C=N–C) groups is 3. The zero-order chi connectivity index (χ0) is 60.5. The first kappa shape index (κ1) is 70.0. The molecule has 0 saturated heterocycles. The van der Waals surface area contributed by atoms with Crippen molar-refractivity contribution in [2.24, 2.45) is 72.7 Å². The zero-order valence-electron chi connectivity index (χ0n) is 46.7. The Morgan fingerprint density at radius 3 is 1.09 bits per heavy atom. The average Bonchev–Trinajstić information content (AvgIpc) is 3.37. The zero-order valence-corrected chi connectivity index (χ0v) is 46.7. The fourth-order valence-corrected chi connectivity index (χ4v) is 7.96. The number of nitrogens with zero attached hydrogens (tertiary/aromatic N) is 3. The maximum Gasteiger partial charge on any atom is 0.243 e. The number of carbonyl (C=O) groups is 8. The van der Waals surface area contributed by atoms with Gasteiger partial charge < -0.3 is 98.6 Å². The van der Waals surface area contributed by atoms with Gasteiger partial charge in [-0.05, 0) is 107 Å². The summed E-state index contributed by atoms with van der Waals surface area (Å²) in [6.07, 6.45) is 1.37. The summed E-state index contributed by atoms with van der Waals surface area (Å²) in [4.78, 5) is 123. The molecule has 30 heteroatoms. The highest BCUT2D eigenvalue weighted by molar-refractivity contribution is 5.98. The number of rotatable bonds is 40. The second-order valence-electron chi connectivity index (χ2n) is 20.1. The molecule has 450 valence electrons. The minimum atomic E-state index is -1.43. The number of aromatic hydroxyl groups is 1. The predicted octanol–water partition coefficient (Wildman–Crippen LogP) is -4.86. The molecule has 30 nitrogen and oxygen atoms in total. The molecule has 0 aliphatic carbocycles. The van der Waals surface area contributed by atoms with E-state index >= 15 is 0 Å². The number of amidine groups is 1. The molecule has 0 unspecified atom stereocenters. The Morgan fingerprint density at radius 1 is 0.475 bits per heavy atom. The number of unbranched alkanes of at least 4 members (excludes halogenated alkanes) is 1. The first-order valence-electron chi connectivity index (χ1n) is 26.6. The Balaban J connectivity index is 3.74. The summed E-state index contributed by atoms with van der Waals surface area (Å²) in [5.41, 5.74) is 44.9. The number of carbonyl (C=O) groups excluding carboxylic acids is 8. The third-order valence-corrected chi connectivity index (χ3v) is 12.1. The number of benzene rings is 1. The third kappa shape index (κ3) is 29.6. The maximum absolute atomic E-state index is 14.5. The molecule has 80 heavy (non-hydrogen) atoms. The number of hydrogen-bond acceptors (Lipinski definition) is 15. The highest BCUT2D eigenvalue weighted by atomic mass is 16.3. The van der Waals surface area contributed by atoms with Gasteiger partial charge in [0.15, 0.2) is 17.9 Å². The molecule has 0 spiro atoms. The number of guanidine groups is 3. The highest BCUT2D eigenvalue weighted by Gasteiger charge is 2.35. The Kier molecular flexibility index (Phi) is 33.0. The number of aliphatic hydroxyl groups excluding tert-OH is 1. The highest BCUT2D eigenvalue weighted by Crippen LogP contribution is 2.15. The van der Waals surface area contributed by atoms with E-state index in [1.807, 2.05) is 0 Å². The van der Waals surface area contributed by atoms with Gasteiger partial charge in [0.05, 0.1) is 18.5 Å². The van der Waals surface area contributed by atoms with Crippen LogP contribution in [0.25, 0.3) is 0 Å². The number of nitrogens with one attached hydrogen (secondary N) is 9. The van der Waals surface area contributed by atoms with Gasteiger partial charge >= 0.3 is 0 Å². The van der Waals surface area contributed by atoms with Crippen molar-refractivity contribution in [2.45, 2.75) is 160 Å². The van der Waals surface area contributed by atoms with E-state index in [0.717, 1.165) is 0 Å². The molecule has 1 aromatic carbocycles. The quantitative estimate of drug-likeness (QED) is 0.0166. The number of hydrogen-bond donors (Lipinski definition) is 19. The molecule has 8 atom stereocenters. The number of aliphatic hydroxyl groups is 1. The SMILES string of the molecule is CN[C@@H](Cc1ccc(O)cc1)C(=O)N[C@@H](CCCN=C(N)N)C(=O)N[C@@H](CCCCC(=N)N)C(=O)N[C@@H](CCCN=C(N)N)C(=O)N[C@@H](CCCN=C(N)N)C(=O)N[C@@H](CC(C)C)C(=O)N[C@@H](CC(C)C)C(=O)N[C@@H](CO)C(N)=O. The van der Waals surface area contributed by atoms with Gasteiger partial charge in [-0.2, -0.15) is 0 Å². The fourth-order valence-electron chi connectivity index (χ4n) is 7.96. The van der Waals surface area contributed by atoms with Crippen LogP contribution in [0.5, 0.6) is 5.75 Å². The lowest BCUT2D eigenvalue weighted by atomic mass is 9.99. The third-order valence-electron chi connectivity index (χ3n) is 12.1. The summed E-state index contributed by atoms with van der Waals surface area (Å²) < 4.78 is 0. The van der Waals surface area contributed by atoms with Crippen LogP contribution in [0.1, 0.15) is 110 Å². The smallest absolute Gasteiger partial charge is 0.243 e. The molecule has 0 aliphatic heterocycles.